The minimum absolute atomic E-state index is 0.0982. The van der Waals surface area contributed by atoms with E-state index in [1.54, 1.807) is 0 Å². The summed E-state index contributed by atoms with van der Waals surface area (Å²) in [5.41, 5.74) is 0. The smallest absolute Gasteiger partial charge is 0.326 e. The Morgan fingerprint density at radius 1 is 1.29 bits per heavy atom. The Balaban J connectivity index is 2.16. The maximum atomic E-state index is 11.6. The predicted molar refractivity (Wildman–Crippen MR) is 45.2 cm³/mol. The molecule has 76 valence electrons. The molecule has 0 aromatic rings. The molecule has 2 rings (SSSR count). The van der Waals surface area contributed by atoms with Gasteiger partial charge in [-0.3, -0.25) is 14.5 Å². The monoisotopic (exact) mass is 197 g/mol. The highest BCUT2D eigenvalue weighted by molar-refractivity contribution is 6.02. The van der Waals surface area contributed by atoms with Crippen LogP contribution in [-0.2, 0) is 14.4 Å². The van der Waals surface area contributed by atoms with E-state index < -0.39 is 12.0 Å². The molecule has 5 nitrogen and oxygen atoms in total. The van der Waals surface area contributed by atoms with Crippen LogP contribution in [0.1, 0.15) is 25.7 Å². The lowest BCUT2D eigenvalue weighted by Crippen LogP contribution is -2.43. The Hall–Kier alpha value is -1.39. The van der Waals surface area contributed by atoms with Crippen molar-refractivity contribution in [2.24, 2.45) is 5.92 Å². The summed E-state index contributed by atoms with van der Waals surface area (Å²) in [6.07, 6.45) is 2.01. The van der Waals surface area contributed by atoms with Crippen LogP contribution in [0, 0.1) is 5.92 Å². The van der Waals surface area contributed by atoms with Crippen molar-refractivity contribution in [1.29, 1.82) is 0 Å². The molecule has 5 heteroatoms. The standard InChI is InChI=1S/C9H11NO4/c11-7-4-3-6(9(13)14)10(7)8(12)5-1-2-5/h5-6H,1-4H2,(H,13,14). The van der Waals surface area contributed by atoms with Gasteiger partial charge in [-0.1, -0.05) is 0 Å². The van der Waals surface area contributed by atoms with Crippen molar-refractivity contribution in [3.8, 4) is 0 Å². The number of aliphatic carboxylic acids is 1. The number of likely N-dealkylation sites (tertiary alicyclic amines) is 1. The van der Waals surface area contributed by atoms with E-state index in [0.29, 0.717) is 0 Å². The van der Waals surface area contributed by atoms with E-state index in [4.69, 9.17) is 5.11 Å². The van der Waals surface area contributed by atoms with Crippen LogP contribution in [0.2, 0.25) is 0 Å². The maximum absolute atomic E-state index is 11.6. The quantitative estimate of drug-likeness (QED) is 0.632. The first-order valence-corrected chi connectivity index (χ1v) is 4.70. The highest BCUT2D eigenvalue weighted by atomic mass is 16.4. The Morgan fingerprint density at radius 3 is 2.43 bits per heavy atom. The van der Waals surface area contributed by atoms with E-state index in [9.17, 15) is 14.4 Å². The third kappa shape index (κ3) is 1.38. The van der Waals surface area contributed by atoms with Gasteiger partial charge in [0.05, 0.1) is 0 Å². The minimum Gasteiger partial charge on any atom is -0.480 e. The Kier molecular flexibility index (Phi) is 2.02. The van der Waals surface area contributed by atoms with Gasteiger partial charge >= 0.3 is 5.97 Å². The number of carbonyl (C=O) groups is 3. The Bertz CT molecular complexity index is 308. The molecule has 1 N–H and O–H groups in total. The highest BCUT2D eigenvalue weighted by Crippen LogP contribution is 2.34. The zero-order chi connectivity index (χ0) is 10.3. The van der Waals surface area contributed by atoms with Gasteiger partial charge in [-0.05, 0) is 19.3 Å². The average molecular weight is 197 g/mol. The van der Waals surface area contributed by atoms with Gasteiger partial charge < -0.3 is 5.11 Å². The number of hydrogen-bond acceptors (Lipinski definition) is 3. The second kappa shape index (κ2) is 3.08. The Labute approximate surface area is 80.7 Å². The first kappa shape index (κ1) is 9.18. The molecule has 14 heavy (non-hydrogen) atoms. The summed E-state index contributed by atoms with van der Waals surface area (Å²) in [5.74, 6) is -1.81. The van der Waals surface area contributed by atoms with Gasteiger partial charge in [-0.15, -0.1) is 0 Å². The molecule has 1 saturated carbocycles. The molecule has 1 atom stereocenters. The third-order valence-corrected chi connectivity index (χ3v) is 2.66. The topological polar surface area (TPSA) is 74.7 Å². The minimum atomic E-state index is -1.08. The van der Waals surface area contributed by atoms with Gasteiger partial charge in [-0.25, -0.2) is 4.79 Å². The zero-order valence-electron chi connectivity index (χ0n) is 7.60. The largest absolute Gasteiger partial charge is 0.480 e. The summed E-state index contributed by atoms with van der Waals surface area (Å²) >= 11 is 0. The van der Waals surface area contributed by atoms with Crippen LogP contribution in [0.15, 0.2) is 0 Å². The molecular weight excluding hydrogens is 186 g/mol. The van der Waals surface area contributed by atoms with Crippen LogP contribution in [0.5, 0.6) is 0 Å². The molecule has 0 aromatic heterocycles. The van der Waals surface area contributed by atoms with Crippen molar-refractivity contribution >= 4 is 17.8 Å². The van der Waals surface area contributed by atoms with Gasteiger partial charge in [0.25, 0.3) is 0 Å². The van der Waals surface area contributed by atoms with Crippen LogP contribution >= 0.6 is 0 Å². The molecule has 0 bridgehead atoms. The molecule has 0 aromatic carbocycles. The fourth-order valence-electron chi connectivity index (χ4n) is 1.72. The predicted octanol–water partition coefficient (Wildman–Crippen LogP) is -0.00140. The fraction of sp³-hybridized carbons (Fsp3) is 0.667. The van der Waals surface area contributed by atoms with Gasteiger partial charge in [0.1, 0.15) is 6.04 Å². The molecule has 2 aliphatic rings. The van der Waals surface area contributed by atoms with Gasteiger partial charge in [0.15, 0.2) is 0 Å². The first-order valence-electron chi connectivity index (χ1n) is 4.70. The van der Waals surface area contributed by atoms with E-state index in [2.05, 4.69) is 0 Å². The molecule has 2 fully saturated rings. The summed E-state index contributed by atoms with van der Waals surface area (Å²) < 4.78 is 0. The SMILES string of the molecule is O=C(O)C1CCC(=O)N1C(=O)C1CC1. The van der Waals surface area contributed by atoms with Crippen LogP contribution in [0.4, 0.5) is 0 Å². The van der Waals surface area contributed by atoms with Crippen LogP contribution in [0.3, 0.4) is 0 Å². The molecule has 1 aliphatic heterocycles. The molecular formula is C9H11NO4. The van der Waals surface area contributed by atoms with Gasteiger partial charge in [-0.2, -0.15) is 0 Å². The summed E-state index contributed by atoms with van der Waals surface area (Å²) in [6.45, 7) is 0. The normalized spacial score (nSPS) is 26.7. The average Bonchev–Trinajstić information content (AvgIpc) is 2.88. The lowest BCUT2D eigenvalue weighted by molar-refractivity contribution is -0.154. The molecule has 1 aliphatic carbocycles. The molecule has 0 radical (unpaired) electrons. The van der Waals surface area contributed by atoms with Gasteiger partial charge in [0, 0.05) is 12.3 Å². The number of imide groups is 1. The number of carbonyl (C=O) groups excluding carboxylic acids is 2. The summed E-state index contributed by atoms with van der Waals surface area (Å²) in [5, 5.41) is 8.81. The number of rotatable bonds is 2. The lowest BCUT2D eigenvalue weighted by Gasteiger charge is -2.19. The van der Waals surface area contributed by atoms with Crippen molar-refractivity contribution < 1.29 is 19.5 Å². The molecule has 1 unspecified atom stereocenters. The Morgan fingerprint density at radius 2 is 1.93 bits per heavy atom. The van der Waals surface area contributed by atoms with Crippen molar-refractivity contribution in [1.82, 2.24) is 4.90 Å². The first-order chi connectivity index (χ1) is 6.61. The fourth-order valence-corrected chi connectivity index (χ4v) is 1.72. The van der Waals surface area contributed by atoms with Crippen LogP contribution in [0.25, 0.3) is 0 Å². The molecule has 2 amide bonds. The van der Waals surface area contributed by atoms with E-state index in [1.165, 1.54) is 0 Å². The molecule has 1 heterocycles. The number of carboxylic acid groups (broad SMARTS) is 1. The van der Waals surface area contributed by atoms with Crippen molar-refractivity contribution in [2.45, 2.75) is 31.7 Å². The highest BCUT2D eigenvalue weighted by Gasteiger charge is 2.45. The van der Waals surface area contributed by atoms with Crippen LogP contribution in [-0.4, -0.2) is 33.8 Å². The summed E-state index contributed by atoms with van der Waals surface area (Å²) in [6, 6.07) is -0.921. The number of hydrogen-bond donors (Lipinski definition) is 1. The second-order valence-electron chi connectivity index (χ2n) is 3.77. The molecule has 1 saturated heterocycles. The lowest BCUT2D eigenvalue weighted by atomic mass is 10.2. The number of amides is 2. The third-order valence-electron chi connectivity index (χ3n) is 2.66. The molecule has 0 spiro atoms. The van der Waals surface area contributed by atoms with E-state index >= 15 is 0 Å². The van der Waals surface area contributed by atoms with E-state index in [1.807, 2.05) is 0 Å². The summed E-state index contributed by atoms with van der Waals surface area (Å²) in [7, 11) is 0. The maximum Gasteiger partial charge on any atom is 0.326 e. The van der Waals surface area contributed by atoms with E-state index in [0.717, 1.165) is 17.7 Å². The summed E-state index contributed by atoms with van der Waals surface area (Å²) in [4.78, 5) is 34.6. The zero-order valence-corrected chi connectivity index (χ0v) is 7.60. The van der Waals surface area contributed by atoms with Crippen molar-refractivity contribution in [3.63, 3.8) is 0 Å². The van der Waals surface area contributed by atoms with Crippen molar-refractivity contribution in [2.75, 3.05) is 0 Å². The number of nitrogens with zero attached hydrogens (tertiary/aromatic N) is 1. The number of carboxylic acids is 1. The second-order valence-corrected chi connectivity index (χ2v) is 3.77. The van der Waals surface area contributed by atoms with Crippen LogP contribution < -0.4 is 0 Å². The van der Waals surface area contributed by atoms with E-state index in [-0.39, 0.29) is 30.6 Å². The van der Waals surface area contributed by atoms with Gasteiger partial charge in [0.2, 0.25) is 11.8 Å². The van der Waals surface area contributed by atoms with Crippen molar-refractivity contribution in [3.05, 3.63) is 0 Å².